The van der Waals surface area contributed by atoms with E-state index in [1.165, 1.54) is 28.5 Å². The summed E-state index contributed by atoms with van der Waals surface area (Å²) in [6, 6.07) is 0. The van der Waals surface area contributed by atoms with Crippen molar-refractivity contribution in [1.82, 2.24) is 9.97 Å². The topological polar surface area (TPSA) is 81.3 Å². The van der Waals surface area contributed by atoms with E-state index in [4.69, 9.17) is 22.1 Å². The fourth-order valence-corrected chi connectivity index (χ4v) is 5.46. The van der Waals surface area contributed by atoms with Crippen LogP contribution >= 0.6 is 23.4 Å². The van der Waals surface area contributed by atoms with Gasteiger partial charge in [0.2, 0.25) is 5.95 Å². The number of nitrogens with two attached hydrogens (primary N) is 1. The summed E-state index contributed by atoms with van der Waals surface area (Å²) >= 11 is 7.84. The highest BCUT2D eigenvalue weighted by atomic mass is 35.5. The number of fused-ring (bicyclic) bond motifs is 1. The molecule has 0 spiro atoms. The van der Waals surface area contributed by atoms with E-state index in [0.29, 0.717) is 5.15 Å². The van der Waals surface area contributed by atoms with Gasteiger partial charge in [-0.15, -0.1) is 0 Å². The van der Waals surface area contributed by atoms with E-state index < -0.39 is 0 Å². The molecule has 0 saturated heterocycles. The molecule has 0 amide bonds. The second-order valence-electron chi connectivity index (χ2n) is 8.25. The Morgan fingerprint density at radius 3 is 2.74 bits per heavy atom. The molecule has 1 atom stereocenters. The Kier molecular flexibility index (Phi) is 7.70. The number of thioether (sulfide) groups is 1. The number of nitrogens with zero attached hydrogens (tertiary/aromatic N) is 3. The van der Waals surface area contributed by atoms with E-state index in [9.17, 15) is 4.79 Å². The first-order valence-electron chi connectivity index (χ1n) is 10.5. The summed E-state index contributed by atoms with van der Waals surface area (Å²) in [6.45, 7) is 9.50. The molecule has 0 saturated carbocycles. The SMILES string of the molecule is COC1=C(C)C=C(C)CCC(CN2CC(CCSC(C)=O)c3c(Cl)nc(N)nc32)=C1C. The van der Waals surface area contributed by atoms with E-state index in [0.717, 1.165) is 60.8 Å². The standard InChI is InChI=1S/C23H31ClN4O2S/c1-13-6-7-17(15(3)20(30-5)14(2)10-13)11-28-12-18(8-9-31-16(4)29)19-21(24)26-23(25)27-22(19)28/h10,18H,6-9,11-12H2,1-5H3,(H2,25,26,27). The normalized spacial score (nSPS) is 19.2. The first kappa shape index (κ1) is 23.7. The Labute approximate surface area is 194 Å². The highest BCUT2D eigenvalue weighted by Gasteiger charge is 2.34. The number of anilines is 2. The molecule has 2 aliphatic rings. The summed E-state index contributed by atoms with van der Waals surface area (Å²) in [5.41, 5.74) is 11.9. The third-order valence-corrected chi connectivity index (χ3v) is 7.05. The summed E-state index contributed by atoms with van der Waals surface area (Å²) in [7, 11) is 1.73. The Bertz CT molecular complexity index is 971. The van der Waals surface area contributed by atoms with Crippen LogP contribution in [-0.2, 0) is 9.53 Å². The van der Waals surface area contributed by atoms with E-state index >= 15 is 0 Å². The summed E-state index contributed by atoms with van der Waals surface area (Å²) in [6.07, 6.45) is 5.01. The van der Waals surface area contributed by atoms with Crippen LogP contribution in [-0.4, -0.2) is 41.0 Å². The van der Waals surface area contributed by atoms with Gasteiger partial charge in [-0.25, -0.2) is 4.98 Å². The Morgan fingerprint density at radius 2 is 2.06 bits per heavy atom. The lowest BCUT2D eigenvalue weighted by molar-refractivity contribution is -0.109. The number of hydrogen-bond acceptors (Lipinski definition) is 7. The fraction of sp³-hybridized carbons (Fsp3) is 0.522. The minimum atomic E-state index is 0.128. The molecule has 1 unspecified atom stereocenters. The maximum Gasteiger partial charge on any atom is 0.223 e. The van der Waals surface area contributed by atoms with Gasteiger partial charge in [-0.05, 0) is 56.8 Å². The van der Waals surface area contributed by atoms with Gasteiger partial charge in [0.25, 0.3) is 0 Å². The zero-order chi connectivity index (χ0) is 22.7. The van der Waals surface area contributed by atoms with Gasteiger partial charge in [-0.1, -0.05) is 35.0 Å². The molecule has 0 bridgehead atoms. The highest BCUT2D eigenvalue weighted by Crippen LogP contribution is 2.42. The molecule has 3 rings (SSSR count). The average Bonchev–Trinajstić information content (AvgIpc) is 3.01. The number of aromatic nitrogens is 2. The molecule has 168 valence electrons. The largest absolute Gasteiger partial charge is 0.496 e. The number of carbonyl (C=O) groups is 1. The van der Waals surface area contributed by atoms with Crippen LogP contribution in [0, 0.1) is 0 Å². The van der Waals surface area contributed by atoms with Crippen molar-refractivity contribution in [1.29, 1.82) is 0 Å². The van der Waals surface area contributed by atoms with Gasteiger partial charge in [-0.3, -0.25) is 4.79 Å². The van der Waals surface area contributed by atoms with Crippen molar-refractivity contribution in [2.24, 2.45) is 0 Å². The second kappa shape index (κ2) is 10.1. The predicted octanol–water partition coefficient (Wildman–Crippen LogP) is 5.26. The van der Waals surface area contributed by atoms with E-state index in [1.54, 1.807) is 14.0 Å². The van der Waals surface area contributed by atoms with Crippen molar-refractivity contribution >= 4 is 40.2 Å². The van der Waals surface area contributed by atoms with Crippen LogP contribution in [0.25, 0.3) is 0 Å². The maximum absolute atomic E-state index is 11.4. The molecule has 31 heavy (non-hydrogen) atoms. The number of halogens is 1. The molecule has 1 aliphatic carbocycles. The van der Waals surface area contributed by atoms with Crippen molar-refractivity contribution in [3.63, 3.8) is 0 Å². The molecule has 1 aromatic rings. The van der Waals surface area contributed by atoms with Crippen LogP contribution in [0.2, 0.25) is 5.15 Å². The molecule has 2 heterocycles. The van der Waals surface area contributed by atoms with Gasteiger partial charge >= 0.3 is 0 Å². The van der Waals surface area contributed by atoms with Crippen LogP contribution in [0.1, 0.15) is 58.4 Å². The number of hydrogen-bond donors (Lipinski definition) is 1. The van der Waals surface area contributed by atoms with Gasteiger partial charge in [0.1, 0.15) is 16.7 Å². The predicted molar refractivity (Wildman–Crippen MR) is 130 cm³/mol. The number of methoxy groups -OCH3 is 1. The van der Waals surface area contributed by atoms with Crippen molar-refractivity contribution in [2.75, 3.05) is 36.6 Å². The molecule has 0 aromatic carbocycles. The number of allylic oxidation sites excluding steroid dienone is 4. The first-order valence-corrected chi connectivity index (χ1v) is 11.9. The quantitative estimate of drug-likeness (QED) is 0.577. The molecule has 0 fully saturated rings. The Morgan fingerprint density at radius 1 is 1.32 bits per heavy atom. The van der Waals surface area contributed by atoms with Gasteiger partial charge < -0.3 is 15.4 Å². The van der Waals surface area contributed by atoms with E-state index in [1.807, 2.05) is 0 Å². The highest BCUT2D eigenvalue weighted by molar-refractivity contribution is 8.13. The van der Waals surface area contributed by atoms with Gasteiger partial charge in [0, 0.05) is 37.2 Å². The smallest absolute Gasteiger partial charge is 0.223 e. The first-order chi connectivity index (χ1) is 14.7. The van der Waals surface area contributed by atoms with Crippen molar-refractivity contribution in [3.8, 4) is 0 Å². The van der Waals surface area contributed by atoms with Crippen molar-refractivity contribution in [2.45, 2.75) is 52.9 Å². The Hall–Kier alpha value is -1.99. The lowest BCUT2D eigenvalue weighted by Gasteiger charge is -2.25. The maximum atomic E-state index is 11.4. The van der Waals surface area contributed by atoms with Crippen LogP contribution in [0.15, 0.2) is 34.1 Å². The molecule has 6 nitrogen and oxygen atoms in total. The average molecular weight is 463 g/mol. The number of rotatable bonds is 6. The van der Waals surface area contributed by atoms with Crippen LogP contribution in [0.5, 0.6) is 0 Å². The number of ether oxygens (including phenoxy) is 1. The van der Waals surface area contributed by atoms with E-state index in [2.05, 4.69) is 41.7 Å². The molecule has 1 aromatic heterocycles. The van der Waals surface area contributed by atoms with Crippen molar-refractivity contribution < 1.29 is 9.53 Å². The van der Waals surface area contributed by atoms with Crippen LogP contribution < -0.4 is 10.6 Å². The molecular formula is C23H31ClN4O2S. The third-order valence-electron chi connectivity index (χ3n) is 5.92. The summed E-state index contributed by atoms with van der Waals surface area (Å²) in [4.78, 5) is 22.4. The summed E-state index contributed by atoms with van der Waals surface area (Å²) in [5.74, 6) is 2.84. The fourth-order valence-electron chi connectivity index (χ4n) is 4.44. The third kappa shape index (κ3) is 5.44. The van der Waals surface area contributed by atoms with Crippen molar-refractivity contribution in [3.05, 3.63) is 44.8 Å². The summed E-state index contributed by atoms with van der Waals surface area (Å²) < 4.78 is 5.76. The van der Waals surface area contributed by atoms with Gasteiger partial charge in [0.15, 0.2) is 5.12 Å². The second-order valence-corrected chi connectivity index (χ2v) is 9.88. The molecule has 8 heteroatoms. The van der Waals surface area contributed by atoms with E-state index in [-0.39, 0.29) is 17.0 Å². The molecule has 2 N–H and O–H groups in total. The summed E-state index contributed by atoms with van der Waals surface area (Å²) in [5, 5.41) is 0.543. The van der Waals surface area contributed by atoms with Crippen LogP contribution in [0.3, 0.4) is 0 Å². The van der Waals surface area contributed by atoms with Gasteiger partial charge in [-0.2, -0.15) is 4.98 Å². The zero-order valence-corrected chi connectivity index (χ0v) is 20.5. The number of carbonyl (C=O) groups excluding carboxylic acids is 1. The Balaban J connectivity index is 1.93. The molecule has 0 radical (unpaired) electrons. The molecule has 1 aliphatic heterocycles. The minimum Gasteiger partial charge on any atom is -0.496 e. The lowest BCUT2D eigenvalue weighted by Crippen LogP contribution is -2.26. The minimum absolute atomic E-state index is 0.128. The number of nitrogen functional groups attached to an aromatic ring is 1. The lowest BCUT2D eigenvalue weighted by atomic mass is 9.94. The molecular weight excluding hydrogens is 432 g/mol. The van der Waals surface area contributed by atoms with Gasteiger partial charge in [0.05, 0.1) is 7.11 Å². The zero-order valence-electron chi connectivity index (χ0n) is 18.9. The monoisotopic (exact) mass is 462 g/mol. The van der Waals surface area contributed by atoms with Crippen LogP contribution in [0.4, 0.5) is 11.8 Å².